The molecule has 0 fully saturated rings. The molecule has 0 radical (unpaired) electrons. The predicted octanol–water partition coefficient (Wildman–Crippen LogP) is 6.39. The van der Waals surface area contributed by atoms with E-state index in [4.69, 9.17) is 4.99 Å². The van der Waals surface area contributed by atoms with E-state index in [0.29, 0.717) is 35.4 Å². The van der Waals surface area contributed by atoms with Gasteiger partial charge in [-0.05, 0) is 52.8 Å². The van der Waals surface area contributed by atoms with Crippen molar-refractivity contribution in [2.45, 2.75) is 64.1 Å². The van der Waals surface area contributed by atoms with Crippen LogP contribution in [-0.2, 0) is 21.4 Å². The average molecular weight is 599 g/mol. The number of carbonyl (C=O) groups is 2. The molecule has 6 rings (SSSR count). The molecular weight excluding hydrogens is 560 g/mol. The van der Waals surface area contributed by atoms with E-state index in [0.717, 1.165) is 28.0 Å². The van der Waals surface area contributed by atoms with E-state index < -0.39 is 24.1 Å². The Morgan fingerprint density at radius 3 is 2.33 bits per heavy atom. The fourth-order valence-electron chi connectivity index (χ4n) is 6.22. The summed E-state index contributed by atoms with van der Waals surface area (Å²) in [5.41, 5.74) is 6.95. The minimum atomic E-state index is -1.06. The predicted molar refractivity (Wildman–Crippen MR) is 177 cm³/mol. The van der Waals surface area contributed by atoms with Crippen LogP contribution >= 0.6 is 0 Å². The van der Waals surface area contributed by atoms with Gasteiger partial charge in [0, 0.05) is 47.8 Å². The number of amides is 2. The van der Waals surface area contributed by atoms with Crippen molar-refractivity contribution in [3.8, 4) is 0 Å². The number of pyridine rings is 1. The summed E-state index contributed by atoms with van der Waals surface area (Å²) in [5, 5.41) is 14.1. The Balaban J connectivity index is 1.42. The van der Waals surface area contributed by atoms with Gasteiger partial charge in [0.15, 0.2) is 0 Å². The van der Waals surface area contributed by atoms with E-state index >= 15 is 0 Å². The third-order valence-corrected chi connectivity index (χ3v) is 8.69. The topological polar surface area (TPSA) is 94.9 Å². The van der Waals surface area contributed by atoms with Crippen LogP contribution in [0.1, 0.15) is 74.0 Å². The molecule has 7 heteroatoms. The van der Waals surface area contributed by atoms with Crippen LogP contribution in [0.25, 0.3) is 0 Å². The zero-order chi connectivity index (χ0) is 31.7. The van der Waals surface area contributed by atoms with E-state index in [9.17, 15) is 14.7 Å². The van der Waals surface area contributed by atoms with E-state index in [-0.39, 0.29) is 11.3 Å². The van der Waals surface area contributed by atoms with Crippen molar-refractivity contribution < 1.29 is 14.7 Å². The van der Waals surface area contributed by atoms with Gasteiger partial charge in [-0.1, -0.05) is 93.6 Å². The van der Waals surface area contributed by atoms with Gasteiger partial charge < -0.3 is 10.4 Å². The second-order valence-electron chi connectivity index (χ2n) is 12.8. The monoisotopic (exact) mass is 598 g/mol. The number of aliphatic hydroxyl groups is 1. The Kier molecular flexibility index (Phi) is 8.21. The molecule has 7 nitrogen and oxygen atoms in total. The standard InChI is InChI=1S/C38H38N4O3/c1-24-31(22-32(40-24)25-11-6-5-7-12-25)37(45)42(29-18-16-28(17-19-29)38(2,3)4)35(27-14-10-20-39-23-27)36(44)41-34-30-15-9-8-13-26(30)21-33(34)43/h5-20,23,33-35,43H,21-22H2,1-4H3,(H,41,44)/t33-,34+,35?/m0/s1. The van der Waals surface area contributed by atoms with E-state index in [1.165, 1.54) is 0 Å². The third kappa shape index (κ3) is 6.08. The minimum Gasteiger partial charge on any atom is -0.390 e. The third-order valence-electron chi connectivity index (χ3n) is 8.69. The number of fused-ring (bicyclic) bond motifs is 1. The molecule has 1 aliphatic carbocycles. The largest absolute Gasteiger partial charge is 0.390 e. The van der Waals surface area contributed by atoms with Crippen LogP contribution in [0.15, 0.2) is 120 Å². The summed E-state index contributed by atoms with van der Waals surface area (Å²) < 4.78 is 0. The smallest absolute Gasteiger partial charge is 0.257 e. The molecule has 228 valence electrons. The summed E-state index contributed by atoms with van der Waals surface area (Å²) in [5.74, 6) is -0.709. The number of carbonyl (C=O) groups excluding carboxylic acids is 2. The molecule has 2 aliphatic rings. The van der Waals surface area contributed by atoms with Crippen LogP contribution in [0.3, 0.4) is 0 Å². The molecule has 3 aromatic carbocycles. The molecule has 3 atom stereocenters. The summed E-state index contributed by atoms with van der Waals surface area (Å²) in [6, 6.07) is 27.3. The van der Waals surface area contributed by atoms with Crippen LogP contribution in [0, 0.1) is 0 Å². The maximum Gasteiger partial charge on any atom is 0.257 e. The van der Waals surface area contributed by atoms with E-state index in [1.807, 2.05) is 91.9 Å². The van der Waals surface area contributed by atoms with Gasteiger partial charge in [-0.25, -0.2) is 0 Å². The van der Waals surface area contributed by atoms with Crippen molar-refractivity contribution in [3.05, 3.63) is 142 Å². The lowest BCUT2D eigenvalue weighted by atomic mass is 9.87. The number of benzene rings is 3. The van der Waals surface area contributed by atoms with Gasteiger partial charge in [0.2, 0.25) is 5.91 Å². The van der Waals surface area contributed by atoms with Gasteiger partial charge in [0.1, 0.15) is 6.04 Å². The summed E-state index contributed by atoms with van der Waals surface area (Å²) in [7, 11) is 0. The second-order valence-corrected chi connectivity index (χ2v) is 12.8. The summed E-state index contributed by atoms with van der Waals surface area (Å²) >= 11 is 0. The SMILES string of the molecule is CC1=C(C(=O)N(c2ccc(C(C)(C)C)cc2)C(C(=O)N[C@@H]2c3ccccc3C[C@@H]2O)c2cccnc2)CC(c2ccccc2)=N1. The van der Waals surface area contributed by atoms with Crippen LogP contribution in [0.5, 0.6) is 0 Å². The van der Waals surface area contributed by atoms with Crippen LogP contribution < -0.4 is 10.2 Å². The first-order valence-corrected chi connectivity index (χ1v) is 15.3. The number of nitrogens with one attached hydrogen (secondary N) is 1. The van der Waals surface area contributed by atoms with Crippen LogP contribution in [-0.4, -0.2) is 33.7 Å². The zero-order valence-electron chi connectivity index (χ0n) is 26.1. The highest BCUT2D eigenvalue weighted by molar-refractivity contribution is 6.16. The molecule has 4 aromatic rings. The fourth-order valence-corrected chi connectivity index (χ4v) is 6.22. The molecule has 0 saturated heterocycles. The first-order chi connectivity index (χ1) is 21.6. The molecule has 2 amide bonds. The Morgan fingerprint density at radius 1 is 0.933 bits per heavy atom. The highest BCUT2D eigenvalue weighted by Gasteiger charge is 2.40. The maximum absolute atomic E-state index is 14.8. The first kappa shape index (κ1) is 30.2. The number of aliphatic imine (C=N–C) groups is 1. The Labute approximate surface area is 264 Å². The van der Waals surface area contributed by atoms with Crippen molar-refractivity contribution in [1.29, 1.82) is 0 Å². The lowest BCUT2D eigenvalue weighted by Crippen LogP contribution is -2.46. The minimum absolute atomic E-state index is 0.0948. The molecular formula is C38H38N4O3. The molecule has 1 aromatic heterocycles. The van der Waals surface area contributed by atoms with Gasteiger partial charge in [-0.15, -0.1) is 0 Å². The summed E-state index contributed by atoms with van der Waals surface area (Å²) in [4.78, 5) is 39.9. The quantitative estimate of drug-likeness (QED) is 0.258. The summed E-state index contributed by atoms with van der Waals surface area (Å²) in [6.07, 6.45) is 3.28. The average Bonchev–Trinajstić information content (AvgIpc) is 3.59. The number of aliphatic hydroxyl groups excluding tert-OH is 1. The van der Waals surface area contributed by atoms with Crippen molar-refractivity contribution in [2.24, 2.45) is 4.99 Å². The van der Waals surface area contributed by atoms with Gasteiger partial charge in [-0.3, -0.25) is 24.5 Å². The van der Waals surface area contributed by atoms with Gasteiger partial charge in [0.05, 0.1) is 17.9 Å². The number of allylic oxidation sites excluding steroid dienone is 1. The first-order valence-electron chi connectivity index (χ1n) is 15.3. The molecule has 1 unspecified atom stereocenters. The van der Waals surface area contributed by atoms with Crippen LogP contribution in [0.4, 0.5) is 5.69 Å². The number of anilines is 1. The highest BCUT2D eigenvalue weighted by Crippen LogP contribution is 2.37. The lowest BCUT2D eigenvalue weighted by Gasteiger charge is -2.33. The molecule has 0 bridgehead atoms. The molecule has 1 aliphatic heterocycles. The van der Waals surface area contributed by atoms with Crippen LogP contribution in [0.2, 0.25) is 0 Å². The van der Waals surface area contributed by atoms with Gasteiger partial charge >= 0.3 is 0 Å². The molecule has 2 N–H and O–H groups in total. The van der Waals surface area contributed by atoms with Crippen molar-refractivity contribution in [2.75, 3.05) is 4.90 Å². The normalized spacial score (nSPS) is 18.3. The number of hydrogen-bond acceptors (Lipinski definition) is 5. The highest BCUT2D eigenvalue weighted by atomic mass is 16.3. The Hall–Kier alpha value is -4.88. The number of nitrogens with zero attached hydrogens (tertiary/aromatic N) is 3. The lowest BCUT2D eigenvalue weighted by molar-refractivity contribution is -0.126. The van der Waals surface area contributed by atoms with Gasteiger partial charge in [0.25, 0.3) is 5.91 Å². The van der Waals surface area contributed by atoms with Crippen molar-refractivity contribution in [3.63, 3.8) is 0 Å². The zero-order valence-corrected chi connectivity index (χ0v) is 26.1. The van der Waals surface area contributed by atoms with E-state index in [1.54, 1.807) is 23.4 Å². The maximum atomic E-state index is 14.8. The Bertz CT molecular complexity index is 1770. The molecule has 0 saturated carbocycles. The van der Waals surface area contributed by atoms with Crippen molar-refractivity contribution >= 4 is 23.2 Å². The number of rotatable bonds is 7. The number of hydrogen-bond donors (Lipinski definition) is 2. The molecule has 0 spiro atoms. The van der Waals surface area contributed by atoms with Gasteiger partial charge in [-0.2, -0.15) is 0 Å². The Morgan fingerprint density at radius 2 is 1.64 bits per heavy atom. The molecule has 2 heterocycles. The fraction of sp³-hybridized carbons (Fsp3) is 0.263. The molecule has 45 heavy (non-hydrogen) atoms. The number of aromatic nitrogens is 1. The van der Waals surface area contributed by atoms with Crippen molar-refractivity contribution in [1.82, 2.24) is 10.3 Å². The second kappa shape index (κ2) is 12.3. The van der Waals surface area contributed by atoms with E-state index in [2.05, 4.69) is 31.1 Å². The summed E-state index contributed by atoms with van der Waals surface area (Å²) in [6.45, 7) is 8.25.